The highest BCUT2D eigenvalue weighted by atomic mass is 16.5. The Morgan fingerprint density at radius 1 is 0.826 bits per heavy atom. The number of rotatable bonds is 4. The molecule has 3 nitrogen and oxygen atoms in total. The van der Waals surface area contributed by atoms with Crippen molar-refractivity contribution >= 4 is 11.6 Å². The summed E-state index contributed by atoms with van der Waals surface area (Å²) < 4.78 is 5.36. The van der Waals surface area contributed by atoms with E-state index in [9.17, 15) is 4.79 Å². The standard InChI is InChI=1S/C20H17NO2/c1-23-19-13-12-17(15-8-4-2-5-9-15)14-18(19)21-20(22)16-10-6-3-7-11-16/h2-14H,1H3,(H,21,22). The summed E-state index contributed by atoms with van der Waals surface area (Å²) in [5.74, 6) is 0.475. The number of carbonyl (C=O) groups excluding carboxylic acids is 1. The molecular weight excluding hydrogens is 286 g/mol. The number of methoxy groups -OCH3 is 1. The van der Waals surface area contributed by atoms with E-state index in [1.807, 2.05) is 66.7 Å². The molecule has 0 saturated heterocycles. The molecule has 0 fully saturated rings. The Morgan fingerprint density at radius 2 is 1.48 bits per heavy atom. The van der Waals surface area contributed by atoms with Crippen molar-refractivity contribution in [3.05, 3.63) is 84.4 Å². The number of nitrogens with one attached hydrogen (secondary N) is 1. The second-order valence-corrected chi connectivity index (χ2v) is 5.10. The minimum Gasteiger partial charge on any atom is -0.495 e. The first-order valence-corrected chi connectivity index (χ1v) is 7.38. The predicted octanol–water partition coefficient (Wildman–Crippen LogP) is 4.61. The highest BCUT2D eigenvalue weighted by molar-refractivity contribution is 6.05. The van der Waals surface area contributed by atoms with Crippen LogP contribution in [-0.4, -0.2) is 13.0 Å². The topological polar surface area (TPSA) is 38.3 Å². The van der Waals surface area contributed by atoms with E-state index in [4.69, 9.17) is 4.74 Å². The molecule has 3 aromatic carbocycles. The van der Waals surface area contributed by atoms with Crippen LogP contribution in [0.2, 0.25) is 0 Å². The summed E-state index contributed by atoms with van der Waals surface area (Å²) >= 11 is 0. The fourth-order valence-corrected chi connectivity index (χ4v) is 2.40. The molecule has 0 atom stereocenters. The SMILES string of the molecule is COc1ccc(-c2ccccc2)cc1NC(=O)c1ccccc1. The lowest BCUT2D eigenvalue weighted by atomic mass is 10.0. The molecule has 0 saturated carbocycles. The molecule has 3 aromatic rings. The zero-order chi connectivity index (χ0) is 16.1. The minimum absolute atomic E-state index is 0.158. The monoisotopic (exact) mass is 303 g/mol. The lowest BCUT2D eigenvalue weighted by Gasteiger charge is -2.12. The molecule has 3 heteroatoms. The van der Waals surface area contributed by atoms with Gasteiger partial charge in [0.1, 0.15) is 5.75 Å². The summed E-state index contributed by atoms with van der Waals surface area (Å²) in [5, 5.41) is 2.92. The van der Waals surface area contributed by atoms with E-state index in [-0.39, 0.29) is 5.91 Å². The van der Waals surface area contributed by atoms with Gasteiger partial charge >= 0.3 is 0 Å². The van der Waals surface area contributed by atoms with Gasteiger partial charge in [0.2, 0.25) is 0 Å². The quantitative estimate of drug-likeness (QED) is 0.764. The van der Waals surface area contributed by atoms with Gasteiger partial charge in [0.15, 0.2) is 0 Å². The third kappa shape index (κ3) is 3.40. The van der Waals surface area contributed by atoms with Crippen molar-refractivity contribution in [3.63, 3.8) is 0 Å². The second kappa shape index (κ2) is 6.79. The lowest BCUT2D eigenvalue weighted by molar-refractivity contribution is 0.102. The van der Waals surface area contributed by atoms with Crippen molar-refractivity contribution < 1.29 is 9.53 Å². The van der Waals surface area contributed by atoms with Gasteiger partial charge in [-0.2, -0.15) is 0 Å². The van der Waals surface area contributed by atoms with Gasteiger partial charge in [-0.1, -0.05) is 54.6 Å². The average molecular weight is 303 g/mol. The number of amides is 1. The predicted molar refractivity (Wildman–Crippen MR) is 92.8 cm³/mol. The van der Waals surface area contributed by atoms with Crippen molar-refractivity contribution in [2.45, 2.75) is 0 Å². The summed E-state index contributed by atoms with van der Waals surface area (Å²) in [5.41, 5.74) is 3.38. The maximum atomic E-state index is 12.4. The first-order chi connectivity index (χ1) is 11.3. The van der Waals surface area contributed by atoms with E-state index in [1.165, 1.54) is 0 Å². The number of hydrogen-bond donors (Lipinski definition) is 1. The number of ether oxygens (including phenoxy) is 1. The van der Waals surface area contributed by atoms with Crippen LogP contribution in [0.15, 0.2) is 78.9 Å². The molecule has 1 N–H and O–H groups in total. The zero-order valence-electron chi connectivity index (χ0n) is 12.8. The molecule has 0 aliphatic rings. The van der Waals surface area contributed by atoms with Gasteiger partial charge in [-0.3, -0.25) is 4.79 Å². The summed E-state index contributed by atoms with van der Waals surface area (Å²) in [7, 11) is 1.59. The summed E-state index contributed by atoms with van der Waals surface area (Å²) in [4.78, 5) is 12.4. The van der Waals surface area contributed by atoms with Crippen LogP contribution in [0.5, 0.6) is 5.75 Å². The number of benzene rings is 3. The van der Waals surface area contributed by atoms with Crippen molar-refractivity contribution in [3.8, 4) is 16.9 Å². The van der Waals surface area contributed by atoms with E-state index in [2.05, 4.69) is 5.32 Å². The largest absolute Gasteiger partial charge is 0.495 e. The van der Waals surface area contributed by atoms with E-state index in [0.29, 0.717) is 17.0 Å². The molecular formula is C20H17NO2. The van der Waals surface area contributed by atoms with Gasteiger partial charge in [-0.15, -0.1) is 0 Å². The van der Waals surface area contributed by atoms with E-state index in [1.54, 1.807) is 19.2 Å². The van der Waals surface area contributed by atoms with Crippen molar-refractivity contribution in [1.29, 1.82) is 0 Å². The first kappa shape index (κ1) is 14.9. The summed E-state index contributed by atoms with van der Waals surface area (Å²) in [6.07, 6.45) is 0. The Balaban J connectivity index is 1.93. The van der Waals surface area contributed by atoms with Gasteiger partial charge in [0, 0.05) is 5.56 Å². The Morgan fingerprint density at radius 3 is 2.13 bits per heavy atom. The van der Waals surface area contributed by atoms with Crippen LogP contribution in [0, 0.1) is 0 Å². The molecule has 0 aromatic heterocycles. The second-order valence-electron chi connectivity index (χ2n) is 5.10. The molecule has 1 amide bonds. The van der Waals surface area contributed by atoms with Gasteiger partial charge in [-0.25, -0.2) is 0 Å². The first-order valence-electron chi connectivity index (χ1n) is 7.38. The average Bonchev–Trinajstić information content (AvgIpc) is 2.63. The normalized spacial score (nSPS) is 10.1. The van der Waals surface area contributed by atoms with Crippen molar-refractivity contribution in [1.82, 2.24) is 0 Å². The van der Waals surface area contributed by atoms with Crippen LogP contribution < -0.4 is 10.1 Å². The molecule has 0 radical (unpaired) electrons. The molecule has 114 valence electrons. The highest BCUT2D eigenvalue weighted by Crippen LogP contribution is 2.30. The third-order valence-electron chi connectivity index (χ3n) is 3.59. The van der Waals surface area contributed by atoms with Crippen LogP contribution in [0.3, 0.4) is 0 Å². The van der Waals surface area contributed by atoms with Crippen LogP contribution >= 0.6 is 0 Å². The molecule has 0 aliphatic carbocycles. The molecule has 0 bridgehead atoms. The maximum Gasteiger partial charge on any atom is 0.255 e. The number of hydrogen-bond acceptors (Lipinski definition) is 2. The van der Waals surface area contributed by atoms with Crippen LogP contribution in [0.1, 0.15) is 10.4 Å². The minimum atomic E-state index is -0.158. The number of carbonyl (C=O) groups is 1. The molecule has 0 heterocycles. The van der Waals surface area contributed by atoms with Gasteiger partial charge in [-0.05, 0) is 35.4 Å². The Labute approximate surface area is 135 Å². The van der Waals surface area contributed by atoms with Crippen molar-refractivity contribution in [2.75, 3.05) is 12.4 Å². The lowest BCUT2D eigenvalue weighted by Crippen LogP contribution is -2.12. The van der Waals surface area contributed by atoms with Gasteiger partial charge in [0.05, 0.1) is 12.8 Å². The zero-order valence-corrected chi connectivity index (χ0v) is 12.8. The van der Waals surface area contributed by atoms with Crippen LogP contribution in [0.4, 0.5) is 5.69 Å². The molecule has 0 aliphatic heterocycles. The van der Waals surface area contributed by atoms with E-state index in [0.717, 1.165) is 11.1 Å². The fraction of sp³-hybridized carbons (Fsp3) is 0.0500. The maximum absolute atomic E-state index is 12.4. The summed E-state index contributed by atoms with van der Waals surface area (Å²) in [6, 6.07) is 24.9. The molecule has 23 heavy (non-hydrogen) atoms. The molecule has 0 unspecified atom stereocenters. The van der Waals surface area contributed by atoms with Gasteiger partial charge < -0.3 is 10.1 Å². The highest BCUT2D eigenvalue weighted by Gasteiger charge is 2.11. The third-order valence-corrected chi connectivity index (χ3v) is 3.59. The summed E-state index contributed by atoms with van der Waals surface area (Å²) in [6.45, 7) is 0. The van der Waals surface area contributed by atoms with Crippen LogP contribution in [-0.2, 0) is 0 Å². The smallest absolute Gasteiger partial charge is 0.255 e. The fourth-order valence-electron chi connectivity index (χ4n) is 2.40. The molecule has 3 rings (SSSR count). The van der Waals surface area contributed by atoms with E-state index < -0.39 is 0 Å². The van der Waals surface area contributed by atoms with Crippen LogP contribution in [0.25, 0.3) is 11.1 Å². The van der Waals surface area contributed by atoms with E-state index >= 15 is 0 Å². The Kier molecular flexibility index (Phi) is 4.39. The Bertz CT molecular complexity index is 798. The Hall–Kier alpha value is -3.07. The van der Waals surface area contributed by atoms with Crippen molar-refractivity contribution in [2.24, 2.45) is 0 Å². The molecule has 0 spiro atoms. The van der Waals surface area contributed by atoms with Gasteiger partial charge in [0.25, 0.3) is 5.91 Å². The number of anilines is 1.